The molecule has 3 heterocycles. The van der Waals surface area contributed by atoms with Crippen LogP contribution in [-0.2, 0) is 4.79 Å². The number of halogens is 2. The van der Waals surface area contributed by atoms with Crippen LogP contribution in [0.3, 0.4) is 0 Å². The number of hydrogen-bond acceptors (Lipinski definition) is 6. The van der Waals surface area contributed by atoms with Gasteiger partial charge < -0.3 is 14.7 Å². The zero-order chi connectivity index (χ0) is 26.2. The van der Waals surface area contributed by atoms with Gasteiger partial charge in [-0.3, -0.25) is 14.3 Å². The smallest absolute Gasteiger partial charge is 0.276 e. The van der Waals surface area contributed by atoms with Crippen LogP contribution in [0.25, 0.3) is 22.3 Å². The first-order valence-corrected chi connectivity index (χ1v) is 12.0. The molecule has 1 unspecified atom stereocenters. The Kier molecular flexibility index (Phi) is 6.45. The van der Waals surface area contributed by atoms with Crippen LogP contribution in [0.15, 0.2) is 59.3 Å². The SMILES string of the molecule is CC(C)n1ncc2ccc(-c3noc(C4CCN(C(=O)CNC(=O)c5ccccc5)CC4(F)F)n3)cc21. The number of aromatic nitrogens is 4. The fraction of sp³-hybridized carbons (Fsp3) is 0.346. The van der Waals surface area contributed by atoms with Crippen LogP contribution in [0, 0.1) is 0 Å². The van der Waals surface area contributed by atoms with E-state index < -0.39 is 30.2 Å². The van der Waals surface area contributed by atoms with Crippen molar-refractivity contribution in [1.82, 2.24) is 30.1 Å². The molecule has 0 bridgehead atoms. The lowest BCUT2D eigenvalue weighted by Crippen LogP contribution is -2.52. The lowest BCUT2D eigenvalue weighted by Gasteiger charge is -2.36. The van der Waals surface area contributed by atoms with E-state index in [0.717, 1.165) is 15.8 Å². The van der Waals surface area contributed by atoms with E-state index in [1.165, 1.54) is 0 Å². The zero-order valence-electron chi connectivity index (χ0n) is 20.4. The lowest BCUT2D eigenvalue weighted by molar-refractivity contribution is -0.144. The van der Waals surface area contributed by atoms with E-state index in [1.807, 2.05) is 30.7 Å². The second-order valence-electron chi connectivity index (χ2n) is 9.38. The first-order valence-electron chi connectivity index (χ1n) is 12.0. The molecule has 0 aliphatic carbocycles. The summed E-state index contributed by atoms with van der Waals surface area (Å²) in [6.45, 7) is 2.95. The number of alkyl halides is 2. The predicted molar refractivity (Wildman–Crippen MR) is 131 cm³/mol. The van der Waals surface area contributed by atoms with E-state index in [9.17, 15) is 9.59 Å². The van der Waals surface area contributed by atoms with E-state index in [2.05, 4.69) is 20.6 Å². The minimum Gasteiger partial charge on any atom is -0.343 e. The van der Waals surface area contributed by atoms with Gasteiger partial charge >= 0.3 is 0 Å². The van der Waals surface area contributed by atoms with Crippen molar-refractivity contribution in [3.63, 3.8) is 0 Å². The summed E-state index contributed by atoms with van der Waals surface area (Å²) in [5.41, 5.74) is 1.91. The molecule has 2 aromatic carbocycles. The maximum atomic E-state index is 15.1. The lowest BCUT2D eigenvalue weighted by atomic mass is 9.92. The number of benzene rings is 2. The standard InChI is InChI=1S/C26H26F2N6O3/c1-16(2)34-21-12-18(8-9-19(21)13-30-34)23-31-25(37-32-23)20-10-11-33(15-26(20,27)28)22(35)14-29-24(36)17-6-4-3-5-7-17/h3-9,12-13,16,20H,10-11,14-15H2,1-2H3,(H,29,36). The van der Waals surface area contributed by atoms with Crippen LogP contribution >= 0.6 is 0 Å². The summed E-state index contributed by atoms with van der Waals surface area (Å²) in [4.78, 5) is 30.0. The Balaban J connectivity index is 1.25. The van der Waals surface area contributed by atoms with Gasteiger partial charge in [0.1, 0.15) is 5.92 Å². The molecule has 37 heavy (non-hydrogen) atoms. The van der Waals surface area contributed by atoms with Crippen molar-refractivity contribution >= 4 is 22.7 Å². The van der Waals surface area contributed by atoms with Crippen LogP contribution in [0.1, 0.15) is 48.5 Å². The monoisotopic (exact) mass is 508 g/mol. The van der Waals surface area contributed by atoms with Crippen LogP contribution < -0.4 is 5.32 Å². The summed E-state index contributed by atoms with van der Waals surface area (Å²) >= 11 is 0. The van der Waals surface area contributed by atoms with Gasteiger partial charge in [-0.05, 0) is 38.5 Å². The van der Waals surface area contributed by atoms with Crippen molar-refractivity contribution in [3.8, 4) is 11.4 Å². The highest BCUT2D eigenvalue weighted by atomic mass is 19.3. The van der Waals surface area contributed by atoms with E-state index in [4.69, 9.17) is 4.52 Å². The van der Waals surface area contributed by atoms with E-state index in [0.29, 0.717) is 11.1 Å². The quantitative estimate of drug-likeness (QED) is 0.421. The summed E-state index contributed by atoms with van der Waals surface area (Å²) in [5, 5.41) is 11.8. The Labute approximate surface area is 211 Å². The minimum absolute atomic E-state index is 0.0494. The number of fused-ring (bicyclic) bond motifs is 1. The molecule has 192 valence electrons. The Bertz CT molecular complexity index is 1430. The van der Waals surface area contributed by atoms with E-state index in [-0.39, 0.29) is 37.3 Å². The van der Waals surface area contributed by atoms with Crippen LogP contribution in [0.4, 0.5) is 8.78 Å². The molecular weight excluding hydrogens is 482 g/mol. The van der Waals surface area contributed by atoms with Crippen molar-refractivity contribution < 1.29 is 22.9 Å². The van der Waals surface area contributed by atoms with Gasteiger partial charge in [-0.25, -0.2) is 8.78 Å². The largest absolute Gasteiger partial charge is 0.343 e. The number of nitrogens with one attached hydrogen (secondary N) is 1. The summed E-state index contributed by atoms with van der Waals surface area (Å²) in [7, 11) is 0. The molecule has 0 radical (unpaired) electrons. The van der Waals surface area contributed by atoms with Crippen molar-refractivity contribution in [3.05, 3.63) is 66.2 Å². The van der Waals surface area contributed by atoms with Gasteiger partial charge in [0.15, 0.2) is 0 Å². The maximum Gasteiger partial charge on any atom is 0.276 e. The molecule has 5 rings (SSSR count). The molecule has 1 atom stereocenters. The normalized spacial score (nSPS) is 17.3. The van der Waals surface area contributed by atoms with Crippen LogP contribution in [0.5, 0.6) is 0 Å². The zero-order valence-corrected chi connectivity index (χ0v) is 20.4. The Morgan fingerprint density at radius 2 is 1.97 bits per heavy atom. The summed E-state index contributed by atoms with van der Waals surface area (Å²) < 4.78 is 37.4. The average molecular weight is 509 g/mol. The van der Waals surface area contributed by atoms with Gasteiger partial charge in [0.05, 0.1) is 24.8 Å². The highest BCUT2D eigenvalue weighted by molar-refractivity contribution is 5.96. The molecule has 2 amide bonds. The van der Waals surface area contributed by atoms with Crippen molar-refractivity contribution in [2.24, 2.45) is 0 Å². The molecule has 0 saturated carbocycles. The number of nitrogens with zero attached hydrogens (tertiary/aromatic N) is 5. The minimum atomic E-state index is -3.28. The van der Waals surface area contributed by atoms with Gasteiger partial charge in [0.25, 0.3) is 11.8 Å². The van der Waals surface area contributed by atoms with Crippen LogP contribution in [-0.4, -0.2) is 62.2 Å². The molecule has 9 nitrogen and oxygen atoms in total. The number of amides is 2. The number of hydrogen-bond donors (Lipinski definition) is 1. The second kappa shape index (κ2) is 9.72. The van der Waals surface area contributed by atoms with Crippen molar-refractivity contribution in [2.75, 3.05) is 19.6 Å². The van der Waals surface area contributed by atoms with Gasteiger partial charge in [0, 0.05) is 29.1 Å². The molecule has 2 aromatic heterocycles. The average Bonchev–Trinajstić information content (AvgIpc) is 3.54. The van der Waals surface area contributed by atoms with E-state index in [1.54, 1.807) is 42.6 Å². The Hall–Kier alpha value is -4.15. The highest BCUT2D eigenvalue weighted by Crippen LogP contribution is 2.40. The van der Waals surface area contributed by atoms with Crippen LogP contribution in [0.2, 0.25) is 0 Å². The molecule has 1 N–H and O–H groups in total. The van der Waals surface area contributed by atoms with Gasteiger partial charge in [0.2, 0.25) is 17.6 Å². The molecular formula is C26H26F2N6O3. The number of carbonyl (C=O) groups is 2. The first kappa shape index (κ1) is 24.5. The Morgan fingerprint density at radius 1 is 1.19 bits per heavy atom. The predicted octanol–water partition coefficient (Wildman–Crippen LogP) is 4.05. The van der Waals surface area contributed by atoms with E-state index >= 15 is 8.78 Å². The fourth-order valence-electron chi connectivity index (χ4n) is 4.50. The molecule has 0 spiro atoms. The highest BCUT2D eigenvalue weighted by Gasteiger charge is 2.49. The first-order chi connectivity index (χ1) is 17.7. The number of piperidine rings is 1. The van der Waals surface area contributed by atoms with Crippen molar-refractivity contribution in [1.29, 1.82) is 0 Å². The summed E-state index contributed by atoms with van der Waals surface area (Å²) in [6, 6.07) is 14.1. The topological polar surface area (TPSA) is 106 Å². The van der Waals surface area contributed by atoms with Crippen molar-refractivity contribution in [2.45, 2.75) is 38.2 Å². The molecule has 1 aliphatic heterocycles. The van der Waals surface area contributed by atoms with Gasteiger partial charge in [-0.15, -0.1) is 0 Å². The third-order valence-corrected chi connectivity index (χ3v) is 6.47. The third kappa shape index (κ3) is 4.93. The van der Waals surface area contributed by atoms with Gasteiger partial charge in [-0.2, -0.15) is 10.1 Å². The molecule has 4 aromatic rings. The fourth-order valence-corrected chi connectivity index (χ4v) is 4.50. The summed E-state index contributed by atoms with van der Waals surface area (Å²) in [6.07, 6.45) is 1.72. The molecule has 11 heteroatoms. The number of likely N-dealkylation sites (tertiary alicyclic amines) is 1. The second-order valence-corrected chi connectivity index (χ2v) is 9.38. The third-order valence-electron chi connectivity index (χ3n) is 6.47. The van der Waals surface area contributed by atoms with Gasteiger partial charge in [-0.1, -0.05) is 35.5 Å². The number of rotatable bonds is 6. The maximum absolute atomic E-state index is 15.1. The Morgan fingerprint density at radius 3 is 2.70 bits per heavy atom. The molecule has 1 fully saturated rings. The molecule has 1 aliphatic rings. The number of carbonyl (C=O) groups excluding carboxylic acids is 2. The molecule has 1 saturated heterocycles. The summed E-state index contributed by atoms with van der Waals surface area (Å²) in [5.74, 6) is -5.57.